The molecule has 0 fully saturated rings. The Morgan fingerprint density at radius 3 is 3.00 bits per heavy atom. The van der Waals surface area contributed by atoms with Crippen molar-refractivity contribution in [2.75, 3.05) is 5.73 Å². The lowest BCUT2D eigenvalue weighted by molar-refractivity contribution is 0.120. The van der Waals surface area contributed by atoms with Crippen LogP contribution in [0.2, 0.25) is 0 Å². The van der Waals surface area contributed by atoms with Crippen LogP contribution in [0.5, 0.6) is 0 Å². The molecular formula is C16H14FN3O2S2. The van der Waals surface area contributed by atoms with Gasteiger partial charge in [-0.05, 0) is 31.0 Å². The molecule has 5 nitrogen and oxygen atoms in total. The fourth-order valence-corrected chi connectivity index (χ4v) is 5.29. The van der Waals surface area contributed by atoms with Crippen LogP contribution in [0.25, 0.3) is 20.8 Å². The molecule has 24 heavy (non-hydrogen) atoms. The zero-order valence-electron chi connectivity index (χ0n) is 12.7. The van der Waals surface area contributed by atoms with Gasteiger partial charge in [0.05, 0.1) is 21.8 Å². The molecule has 2 aromatic heterocycles. The molecule has 3 N–H and O–H groups in total. The zero-order valence-corrected chi connectivity index (χ0v) is 14.4. The molecule has 124 valence electrons. The van der Waals surface area contributed by atoms with E-state index >= 15 is 0 Å². The number of anilines is 1. The van der Waals surface area contributed by atoms with Crippen molar-refractivity contribution in [3.8, 4) is 10.6 Å². The number of benzene rings is 1. The lowest BCUT2D eigenvalue weighted by atomic mass is 9.98. The second kappa shape index (κ2) is 5.42. The van der Waals surface area contributed by atoms with Gasteiger partial charge in [0, 0.05) is 22.5 Å². The van der Waals surface area contributed by atoms with E-state index in [1.807, 2.05) is 6.92 Å². The number of rotatable bonds is 1. The van der Waals surface area contributed by atoms with E-state index in [0.717, 1.165) is 25.7 Å². The van der Waals surface area contributed by atoms with E-state index in [1.165, 1.54) is 39.7 Å². The van der Waals surface area contributed by atoms with Crippen molar-refractivity contribution in [3.05, 3.63) is 34.5 Å². The highest BCUT2D eigenvalue weighted by molar-refractivity contribution is 7.22. The third kappa shape index (κ3) is 2.33. The third-order valence-corrected chi connectivity index (χ3v) is 6.37. The van der Waals surface area contributed by atoms with Crippen molar-refractivity contribution in [3.63, 3.8) is 0 Å². The van der Waals surface area contributed by atoms with Gasteiger partial charge >= 0.3 is 6.09 Å². The van der Waals surface area contributed by atoms with Gasteiger partial charge in [-0.2, -0.15) is 0 Å². The van der Waals surface area contributed by atoms with Gasteiger partial charge in [0.2, 0.25) is 0 Å². The molecule has 0 saturated carbocycles. The first kappa shape index (κ1) is 15.3. The van der Waals surface area contributed by atoms with E-state index in [-0.39, 0.29) is 11.9 Å². The van der Waals surface area contributed by atoms with E-state index in [4.69, 9.17) is 5.73 Å². The van der Waals surface area contributed by atoms with Gasteiger partial charge in [0.1, 0.15) is 10.8 Å². The highest BCUT2D eigenvalue weighted by atomic mass is 32.1. The molecular weight excluding hydrogens is 349 g/mol. The molecule has 4 rings (SSSR count). The summed E-state index contributed by atoms with van der Waals surface area (Å²) in [6.07, 6.45) is -0.313. The maximum atomic E-state index is 13.4. The summed E-state index contributed by atoms with van der Waals surface area (Å²) in [7, 11) is 0. The molecule has 1 unspecified atom stereocenters. The molecule has 1 aliphatic rings. The van der Waals surface area contributed by atoms with Crippen molar-refractivity contribution in [1.82, 2.24) is 9.88 Å². The van der Waals surface area contributed by atoms with E-state index < -0.39 is 6.09 Å². The van der Waals surface area contributed by atoms with Gasteiger partial charge in [0.15, 0.2) is 0 Å². The van der Waals surface area contributed by atoms with E-state index in [1.54, 1.807) is 6.07 Å². The fourth-order valence-electron chi connectivity index (χ4n) is 3.09. The number of aromatic nitrogens is 1. The highest BCUT2D eigenvalue weighted by Crippen LogP contribution is 2.45. The van der Waals surface area contributed by atoms with Crippen molar-refractivity contribution < 1.29 is 14.3 Å². The van der Waals surface area contributed by atoms with Crippen LogP contribution in [-0.4, -0.2) is 27.1 Å². The van der Waals surface area contributed by atoms with Crippen molar-refractivity contribution >= 4 is 44.0 Å². The topological polar surface area (TPSA) is 79.5 Å². The summed E-state index contributed by atoms with van der Waals surface area (Å²) in [6, 6.07) is 4.44. The second-order valence-corrected chi connectivity index (χ2v) is 8.01. The monoisotopic (exact) mass is 363 g/mol. The molecule has 1 atom stereocenters. The van der Waals surface area contributed by atoms with E-state index in [0.29, 0.717) is 23.5 Å². The Kier molecular flexibility index (Phi) is 3.47. The smallest absolute Gasteiger partial charge is 0.407 e. The minimum Gasteiger partial charge on any atom is -0.465 e. The number of nitrogens with two attached hydrogens (primary N) is 1. The molecule has 3 aromatic rings. The lowest BCUT2D eigenvalue weighted by Gasteiger charge is -2.31. The van der Waals surface area contributed by atoms with Crippen molar-refractivity contribution in [2.45, 2.75) is 25.9 Å². The zero-order chi connectivity index (χ0) is 17.0. The van der Waals surface area contributed by atoms with Crippen LogP contribution < -0.4 is 5.73 Å². The summed E-state index contributed by atoms with van der Waals surface area (Å²) < 4.78 is 14.3. The minimum absolute atomic E-state index is 0.116. The van der Waals surface area contributed by atoms with Crippen LogP contribution in [0.1, 0.15) is 17.4 Å². The predicted molar refractivity (Wildman–Crippen MR) is 94.0 cm³/mol. The normalized spacial score (nSPS) is 17.2. The average Bonchev–Trinajstić information content (AvgIpc) is 3.05. The molecule has 1 aliphatic heterocycles. The number of carbonyl (C=O) groups is 1. The van der Waals surface area contributed by atoms with Crippen LogP contribution in [0.3, 0.4) is 0 Å². The number of thiophene rings is 1. The quantitative estimate of drug-likeness (QED) is 0.680. The Bertz CT molecular complexity index is 966. The van der Waals surface area contributed by atoms with Gasteiger partial charge < -0.3 is 15.7 Å². The highest BCUT2D eigenvalue weighted by Gasteiger charge is 2.32. The van der Waals surface area contributed by atoms with Crippen LogP contribution in [0.15, 0.2) is 18.2 Å². The molecule has 0 radical (unpaired) electrons. The largest absolute Gasteiger partial charge is 0.465 e. The van der Waals surface area contributed by atoms with Crippen LogP contribution in [-0.2, 0) is 13.0 Å². The van der Waals surface area contributed by atoms with Gasteiger partial charge in [-0.25, -0.2) is 14.2 Å². The van der Waals surface area contributed by atoms with Crippen LogP contribution >= 0.6 is 22.7 Å². The first-order valence-electron chi connectivity index (χ1n) is 7.40. The summed E-state index contributed by atoms with van der Waals surface area (Å²) in [5, 5.41) is 10.7. The van der Waals surface area contributed by atoms with E-state index in [2.05, 4.69) is 4.98 Å². The number of hydrogen-bond acceptors (Lipinski definition) is 5. The van der Waals surface area contributed by atoms with Gasteiger partial charge in [-0.1, -0.05) is 0 Å². The Morgan fingerprint density at radius 1 is 1.46 bits per heavy atom. The van der Waals surface area contributed by atoms with Gasteiger partial charge in [-0.3, -0.25) is 0 Å². The number of nitrogens with zero attached hydrogens (tertiary/aromatic N) is 2. The first-order valence-corrected chi connectivity index (χ1v) is 9.03. The summed E-state index contributed by atoms with van der Waals surface area (Å²) >= 11 is 2.89. The SMILES string of the molecule is CC1Cc2c(sc(N)c2-c2nc3cc(F)ccc3s2)CN1C(=O)O. The summed E-state index contributed by atoms with van der Waals surface area (Å²) in [4.78, 5) is 18.3. The number of hydrogen-bond donors (Lipinski definition) is 2. The molecule has 0 bridgehead atoms. The molecule has 1 amide bonds. The maximum absolute atomic E-state index is 13.4. The molecule has 0 aliphatic carbocycles. The van der Waals surface area contributed by atoms with Gasteiger partial charge in [0.25, 0.3) is 0 Å². The number of halogens is 1. The first-order chi connectivity index (χ1) is 11.4. The molecule has 3 heterocycles. The van der Waals surface area contributed by atoms with Crippen LogP contribution in [0, 0.1) is 5.82 Å². The van der Waals surface area contributed by atoms with Gasteiger partial charge in [-0.15, -0.1) is 22.7 Å². The van der Waals surface area contributed by atoms with Crippen LogP contribution in [0.4, 0.5) is 14.2 Å². The Hall–Kier alpha value is -2.19. The average molecular weight is 363 g/mol. The van der Waals surface area contributed by atoms with Crippen molar-refractivity contribution in [2.24, 2.45) is 0 Å². The number of amides is 1. The number of carboxylic acid groups (broad SMARTS) is 1. The lowest BCUT2D eigenvalue weighted by Crippen LogP contribution is -2.41. The fraction of sp³-hybridized carbons (Fsp3) is 0.250. The minimum atomic E-state index is -0.919. The number of nitrogen functional groups attached to an aromatic ring is 1. The standard InChI is InChI=1S/C16H14FN3O2S2/c1-7-4-9-12(6-20(7)16(21)22)23-14(18)13(9)15-19-10-5-8(17)2-3-11(10)24-15/h2-3,5,7H,4,6,18H2,1H3,(H,21,22). The second-order valence-electron chi connectivity index (χ2n) is 5.84. The third-order valence-electron chi connectivity index (χ3n) is 4.27. The molecule has 1 aromatic carbocycles. The molecule has 0 spiro atoms. The summed E-state index contributed by atoms with van der Waals surface area (Å²) in [6.45, 7) is 2.24. The number of fused-ring (bicyclic) bond motifs is 2. The maximum Gasteiger partial charge on any atom is 0.407 e. The Morgan fingerprint density at radius 2 is 2.25 bits per heavy atom. The Labute approximate surface area is 145 Å². The predicted octanol–water partition coefficient (Wildman–Crippen LogP) is 4.17. The number of thiazole rings is 1. The summed E-state index contributed by atoms with van der Waals surface area (Å²) in [5.74, 6) is -0.314. The van der Waals surface area contributed by atoms with E-state index in [9.17, 15) is 14.3 Å². The summed E-state index contributed by atoms with van der Waals surface area (Å²) in [5.41, 5.74) is 8.79. The molecule has 0 saturated heterocycles. The molecule has 8 heteroatoms. The Balaban J connectivity index is 1.83. The van der Waals surface area contributed by atoms with Crippen molar-refractivity contribution in [1.29, 1.82) is 0 Å².